The fourth-order valence-corrected chi connectivity index (χ4v) is 2.73. The number of hydrogen-bond donors (Lipinski definition) is 3. The predicted octanol–water partition coefficient (Wildman–Crippen LogP) is -1.01. The lowest BCUT2D eigenvalue weighted by Gasteiger charge is -2.23. The third-order valence-electron chi connectivity index (χ3n) is 4.31. The van der Waals surface area contributed by atoms with E-state index in [0.29, 0.717) is 4.57 Å². The number of rotatable bonds is 8. The number of hydrogen-bond acceptors (Lipinski definition) is 11. The molecule has 1 unspecified atom stereocenters. The Labute approximate surface area is 167 Å². The second-order valence-corrected chi connectivity index (χ2v) is 6.09. The number of halogens is 1. The van der Waals surface area contributed by atoms with E-state index in [9.17, 15) is 29.0 Å². The molecule has 2 heterocycles. The Balaban J connectivity index is 2.28. The number of esters is 2. The van der Waals surface area contributed by atoms with Gasteiger partial charge in [0.1, 0.15) is 18.0 Å². The van der Waals surface area contributed by atoms with E-state index in [1.54, 1.807) is 0 Å². The highest BCUT2D eigenvalue weighted by atomic mass is 19.1. The van der Waals surface area contributed by atoms with Crippen LogP contribution >= 0.6 is 0 Å². The summed E-state index contributed by atoms with van der Waals surface area (Å²) in [6, 6.07) is -0.0421. The number of anilines is 1. The molecule has 1 aliphatic rings. The lowest BCUT2D eigenvalue weighted by Crippen LogP contribution is -2.43. The number of alkyl halides is 1. The topological polar surface area (TPSA) is 198 Å². The highest BCUT2D eigenvalue weighted by Crippen LogP contribution is 2.39. The quantitative estimate of drug-likeness (QED) is 0.199. The number of nitrogens with one attached hydrogen (secondary N) is 1. The monoisotopic (exact) mass is 430 g/mol. The molecule has 1 aliphatic heterocycles. The molecule has 14 nitrogen and oxygen atoms in total. The Morgan fingerprint density at radius 1 is 1.53 bits per heavy atom. The third kappa shape index (κ3) is 4.49. The van der Waals surface area contributed by atoms with Gasteiger partial charge in [-0.1, -0.05) is 5.11 Å². The standard InChI is InChI=1S/C15H19FN6O8/c1-28-9(24)5-7(13(26)29-2)18-8-3-4-22(14(27)19-8)12-10(16)11(25)15(6-23,30-12)20-21-17/h3-4,7,10-12,23,25H,5-6H2,1-2H3,(H,18,19,27)/t7-,10-,11?,12+,15+/m0/s1. The second kappa shape index (κ2) is 9.49. The van der Waals surface area contributed by atoms with Crippen molar-refractivity contribution in [3.05, 3.63) is 33.2 Å². The molecule has 5 atom stereocenters. The number of aliphatic hydroxyl groups excluding tert-OH is 2. The molecule has 1 saturated heterocycles. The highest BCUT2D eigenvalue weighted by molar-refractivity contribution is 5.84. The van der Waals surface area contributed by atoms with Gasteiger partial charge in [-0.15, -0.1) is 0 Å². The first-order valence-corrected chi connectivity index (χ1v) is 8.40. The van der Waals surface area contributed by atoms with E-state index < -0.39 is 60.9 Å². The molecule has 1 aromatic rings. The number of methoxy groups -OCH3 is 2. The number of aliphatic hydroxyl groups is 2. The molecule has 3 N–H and O–H groups in total. The van der Waals surface area contributed by atoms with E-state index in [2.05, 4.69) is 29.8 Å². The summed E-state index contributed by atoms with van der Waals surface area (Å²) in [5.41, 5.74) is 5.21. The predicted molar refractivity (Wildman–Crippen MR) is 94.5 cm³/mol. The summed E-state index contributed by atoms with van der Waals surface area (Å²) in [7, 11) is 2.23. The molecular weight excluding hydrogens is 411 g/mol. The van der Waals surface area contributed by atoms with Gasteiger partial charge in [0.05, 0.1) is 27.2 Å². The molecule has 0 radical (unpaired) electrons. The van der Waals surface area contributed by atoms with Gasteiger partial charge in [0.25, 0.3) is 0 Å². The van der Waals surface area contributed by atoms with Crippen molar-refractivity contribution < 1.29 is 38.4 Å². The molecular formula is C15H19FN6O8. The van der Waals surface area contributed by atoms with Gasteiger partial charge in [0.2, 0.25) is 5.72 Å². The summed E-state index contributed by atoms with van der Waals surface area (Å²) in [4.78, 5) is 41.6. The maximum Gasteiger partial charge on any atom is 0.351 e. The Bertz CT molecular complexity index is 905. The molecule has 30 heavy (non-hydrogen) atoms. The molecule has 2 rings (SSSR count). The Kier molecular flexibility index (Phi) is 7.28. The van der Waals surface area contributed by atoms with Crippen molar-refractivity contribution in [2.45, 2.75) is 36.7 Å². The average molecular weight is 430 g/mol. The lowest BCUT2D eigenvalue weighted by molar-refractivity contribution is -0.148. The Morgan fingerprint density at radius 2 is 2.23 bits per heavy atom. The fourth-order valence-electron chi connectivity index (χ4n) is 2.73. The molecule has 0 aromatic carbocycles. The number of ether oxygens (including phenoxy) is 3. The van der Waals surface area contributed by atoms with Gasteiger partial charge in [0.15, 0.2) is 12.4 Å². The van der Waals surface area contributed by atoms with Gasteiger partial charge in [-0.25, -0.2) is 14.0 Å². The van der Waals surface area contributed by atoms with E-state index in [4.69, 9.17) is 10.3 Å². The minimum Gasteiger partial charge on any atom is -0.469 e. The summed E-state index contributed by atoms with van der Waals surface area (Å²) in [5, 5.41) is 25.0. The van der Waals surface area contributed by atoms with Crippen molar-refractivity contribution in [2.75, 3.05) is 26.1 Å². The lowest BCUT2D eigenvalue weighted by atomic mass is 10.1. The second-order valence-electron chi connectivity index (χ2n) is 6.09. The molecule has 0 aliphatic carbocycles. The highest BCUT2D eigenvalue weighted by Gasteiger charge is 2.56. The van der Waals surface area contributed by atoms with Crippen LogP contribution in [0.5, 0.6) is 0 Å². The van der Waals surface area contributed by atoms with Crippen LogP contribution in [0.3, 0.4) is 0 Å². The zero-order valence-electron chi connectivity index (χ0n) is 15.8. The summed E-state index contributed by atoms with van der Waals surface area (Å²) < 4.78 is 29.4. The van der Waals surface area contributed by atoms with Gasteiger partial charge in [-0.2, -0.15) is 4.98 Å². The van der Waals surface area contributed by atoms with Gasteiger partial charge in [-0.05, 0) is 11.6 Å². The molecule has 0 bridgehead atoms. The SMILES string of the molecule is COC(=O)C[C@H](Nc1ccn([C@@H]2O[C@@](CO)(N=[N+]=[N-])C(O)[C@@H]2F)c(=O)n1)C(=O)OC. The molecule has 0 amide bonds. The van der Waals surface area contributed by atoms with Gasteiger partial charge in [-0.3, -0.25) is 9.36 Å². The smallest absolute Gasteiger partial charge is 0.351 e. The number of azide groups is 1. The molecule has 1 aromatic heterocycles. The van der Waals surface area contributed by atoms with Gasteiger partial charge in [0, 0.05) is 11.1 Å². The average Bonchev–Trinajstić information content (AvgIpc) is 2.98. The van der Waals surface area contributed by atoms with E-state index in [0.717, 1.165) is 20.4 Å². The maximum atomic E-state index is 14.5. The van der Waals surface area contributed by atoms with Crippen LogP contribution in [0.2, 0.25) is 0 Å². The van der Waals surface area contributed by atoms with Crippen LogP contribution in [0.1, 0.15) is 12.6 Å². The summed E-state index contributed by atoms with van der Waals surface area (Å²) in [6.07, 6.45) is -5.40. The van der Waals surface area contributed by atoms with Crippen molar-refractivity contribution in [1.82, 2.24) is 9.55 Å². The van der Waals surface area contributed by atoms with E-state index in [-0.39, 0.29) is 5.82 Å². The van der Waals surface area contributed by atoms with Gasteiger partial charge >= 0.3 is 17.6 Å². The van der Waals surface area contributed by atoms with E-state index in [1.807, 2.05) is 0 Å². The minimum absolute atomic E-state index is 0.145. The number of carbonyl (C=O) groups is 2. The van der Waals surface area contributed by atoms with Crippen molar-refractivity contribution in [1.29, 1.82) is 0 Å². The number of carbonyl (C=O) groups excluding carboxylic acids is 2. The number of aromatic nitrogens is 2. The molecule has 1 fully saturated rings. The minimum atomic E-state index is -2.31. The first kappa shape index (κ1) is 23.0. The Morgan fingerprint density at radius 3 is 2.77 bits per heavy atom. The first-order valence-electron chi connectivity index (χ1n) is 8.40. The van der Waals surface area contributed by atoms with Crippen LogP contribution in [0.4, 0.5) is 10.2 Å². The van der Waals surface area contributed by atoms with Crippen LogP contribution < -0.4 is 11.0 Å². The molecule has 164 valence electrons. The summed E-state index contributed by atoms with van der Waals surface area (Å²) >= 11 is 0. The molecule has 0 saturated carbocycles. The van der Waals surface area contributed by atoms with Crippen LogP contribution in [0.25, 0.3) is 10.4 Å². The molecule has 15 heteroatoms. The van der Waals surface area contributed by atoms with Crippen LogP contribution in [-0.4, -0.2) is 76.6 Å². The van der Waals surface area contributed by atoms with Crippen molar-refractivity contribution in [2.24, 2.45) is 5.11 Å². The number of nitrogens with zero attached hydrogens (tertiary/aromatic N) is 5. The Hall–Kier alpha value is -3.26. The largest absolute Gasteiger partial charge is 0.469 e. The van der Waals surface area contributed by atoms with Crippen LogP contribution in [0, 0.1) is 0 Å². The fraction of sp³-hybridized carbons (Fsp3) is 0.600. The third-order valence-corrected chi connectivity index (χ3v) is 4.31. The first-order chi connectivity index (χ1) is 14.2. The summed E-state index contributed by atoms with van der Waals surface area (Å²) in [6.45, 7) is -1.04. The van der Waals surface area contributed by atoms with Crippen LogP contribution in [0.15, 0.2) is 22.2 Å². The van der Waals surface area contributed by atoms with Crippen LogP contribution in [-0.2, 0) is 23.8 Å². The summed E-state index contributed by atoms with van der Waals surface area (Å²) in [5.74, 6) is -1.69. The van der Waals surface area contributed by atoms with E-state index in [1.165, 1.54) is 6.07 Å². The van der Waals surface area contributed by atoms with Crippen molar-refractivity contribution in [3.63, 3.8) is 0 Å². The van der Waals surface area contributed by atoms with Crippen molar-refractivity contribution >= 4 is 17.8 Å². The molecule has 0 spiro atoms. The zero-order valence-corrected chi connectivity index (χ0v) is 15.8. The van der Waals surface area contributed by atoms with E-state index >= 15 is 0 Å². The van der Waals surface area contributed by atoms with Crippen molar-refractivity contribution in [3.8, 4) is 0 Å². The maximum absolute atomic E-state index is 14.5. The normalized spacial score (nSPS) is 26.4. The van der Waals surface area contributed by atoms with Gasteiger partial charge < -0.3 is 29.7 Å². The zero-order chi connectivity index (χ0) is 22.5.